The monoisotopic (exact) mass is 340 g/mol. The first kappa shape index (κ1) is 19.0. The van der Waals surface area contributed by atoms with Crippen molar-refractivity contribution in [1.29, 1.82) is 0 Å². The maximum Gasteiger partial charge on any atom is 0.323 e. The lowest BCUT2D eigenvalue weighted by atomic mass is 10.2. The van der Waals surface area contributed by atoms with Crippen LogP contribution in [0.15, 0.2) is 24.3 Å². The molecule has 0 aliphatic rings. The zero-order valence-electron chi connectivity index (χ0n) is 13.2. The van der Waals surface area contributed by atoms with E-state index in [1.54, 1.807) is 38.1 Å². The van der Waals surface area contributed by atoms with Crippen molar-refractivity contribution in [3.63, 3.8) is 0 Å². The predicted octanol–water partition coefficient (Wildman–Crippen LogP) is 2.17. The fourth-order valence-electron chi connectivity index (χ4n) is 1.99. The van der Waals surface area contributed by atoms with E-state index >= 15 is 0 Å². The molecule has 1 aromatic rings. The predicted molar refractivity (Wildman–Crippen MR) is 87.5 cm³/mol. The molecule has 0 spiro atoms. The van der Waals surface area contributed by atoms with Gasteiger partial charge in [0.05, 0.1) is 0 Å². The first-order valence-electron chi connectivity index (χ1n) is 7.36. The van der Waals surface area contributed by atoms with Gasteiger partial charge in [0.15, 0.2) is 0 Å². The third kappa shape index (κ3) is 6.69. The molecule has 2 N–H and O–H groups in total. The van der Waals surface area contributed by atoms with Crippen molar-refractivity contribution in [1.82, 2.24) is 10.2 Å². The second kappa shape index (κ2) is 9.15. The number of carbonyl (C=O) groups is 3. The molecule has 2 amide bonds. The zero-order valence-corrected chi connectivity index (χ0v) is 14.0. The maximum atomic E-state index is 12.0. The smallest absolute Gasteiger partial charge is 0.323 e. The molecule has 0 saturated carbocycles. The summed E-state index contributed by atoms with van der Waals surface area (Å²) in [5.41, 5.74) is 0.496. The van der Waals surface area contributed by atoms with E-state index in [0.29, 0.717) is 23.6 Å². The topological polar surface area (TPSA) is 86.7 Å². The minimum absolute atomic E-state index is 0.178. The summed E-state index contributed by atoms with van der Waals surface area (Å²) in [5.74, 6) is -1.51. The molecular formula is C16H21ClN2O4. The molecule has 0 heterocycles. The van der Waals surface area contributed by atoms with Crippen LogP contribution in [0.1, 0.15) is 37.0 Å². The first-order valence-corrected chi connectivity index (χ1v) is 7.74. The molecule has 0 aromatic heterocycles. The summed E-state index contributed by atoms with van der Waals surface area (Å²) >= 11 is 5.75. The number of nitrogens with one attached hydrogen (secondary N) is 1. The Morgan fingerprint density at radius 2 is 1.83 bits per heavy atom. The fourth-order valence-corrected chi connectivity index (χ4v) is 2.12. The van der Waals surface area contributed by atoms with E-state index in [1.807, 2.05) is 0 Å². The number of rotatable bonds is 8. The molecule has 0 bridgehead atoms. The molecule has 0 unspecified atom stereocenters. The van der Waals surface area contributed by atoms with Crippen LogP contribution in [0.2, 0.25) is 5.02 Å². The lowest BCUT2D eigenvalue weighted by Crippen LogP contribution is -2.40. The van der Waals surface area contributed by atoms with Gasteiger partial charge in [-0.3, -0.25) is 14.4 Å². The van der Waals surface area contributed by atoms with Crippen LogP contribution in [-0.2, 0) is 9.59 Å². The van der Waals surface area contributed by atoms with Crippen LogP contribution >= 0.6 is 11.6 Å². The second-order valence-electron chi connectivity index (χ2n) is 5.38. The van der Waals surface area contributed by atoms with E-state index in [-0.39, 0.29) is 30.8 Å². The van der Waals surface area contributed by atoms with Crippen LogP contribution in [-0.4, -0.2) is 46.9 Å². The molecule has 6 nitrogen and oxygen atoms in total. The van der Waals surface area contributed by atoms with Crippen molar-refractivity contribution >= 4 is 29.4 Å². The molecule has 0 aliphatic heterocycles. The standard InChI is InChI=1S/C16H21ClN2O4/c1-11(2)19(10-15(21)22)14(20)4-3-9-18-16(23)12-5-7-13(17)8-6-12/h5-8,11H,3-4,9-10H2,1-2H3,(H,18,23)(H,21,22). The molecule has 7 heteroatoms. The highest BCUT2D eigenvalue weighted by Crippen LogP contribution is 2.09. The Morgan fingerprint density at radius 1 is 1.22 bits per heavy atom. The Morgan fingerprint density at radius 3 is 2.35 bits per heavy atom. The van der Waals surface area contributed by atoms with E-state index in [9.17, 15) is 14.4 Å². The maximum absolute atomic E-state index is 12.0. The van der Waals surface area contributed by atoms with E-state index < -0.39 is 5.97 Å². The number of hydrogen-bond acceptors (Lipinski definition) is 3. The third-order valence-electron chi connectivity index (χ3n) is 3.21. The molecule has 0 fully saturated rings. The van der Waals surface area contributed by atoms with Gasteiger partial charge in [-0.05, 0) is 44.5 Å². The van der Waals surface area contributed by atoms with E-state index in [4.69, 9.17) is 16.7 Å². The highest BCUT2D eigenvalue weighted by atomic mass is 35.5. The summed E-state index contributed by atoms with van der Waals surface area (Å²) in [5, 5.41) is 12.1. The van der Waals surface area contributed by atoms with Gasteiger partial charge in [-0.25, -0.2) is 0 Å². The Labute approximate surface area is 140 Å². The van der Waals surface area contributed by atoms with Crippen LogP contribution in [0.5, 0.6) is 0 Å². The highest BCUT2D eigenvalue weighted by Gasteiger charge is 2.19. The van der Waals surface area contributed by atoms with Gasteiger partial charge in [0.1, 0.15) is 6.54 Å². The van der Waals surface area contributed by atoms with Gasteiger partial charge >= 0.3 is 5.97 Å². The Balaban J connectivity index is 2.38. The van der Waals surface area contributed by atoms with Crippen LogP contribution in [0.25, 0.3) is 0 Å². The average molecular weight is 341 g/mol. The van der Waals surface area contributed by atoms with Crippen LogP contribution < -0.4 is 5.32 Å². The van der Waals surface area contributed by atoms with Gasteiger partial charge in [0.2, 0.25) is 5.91 Å². The normalized spacial score (nSPS) is 10.4. The van der Waals surface area contributed by atoms with Crippen LogP contribution in [0.4, 0.5) is 0 Å². The number of aliphatic carboxylic acids is 1. The summed E-state index contributed by atoms with van der Waals surface area (Å²) in [6, 6.07) is 6.33. The molecule has 126 valence electrons. The quantitative estimate of drug-likeness (QED) is 0.710. The average Bonchev–Trinajstić information content (AvgIpc) is 2.49. The van der Waals surface area contributed by atoms with Gasteiger partial charge in [-0.15, -0.1) is 0 Å². The molecule has 0 atom stereocenters. The minimum atomic E-state index is -1.04. The fraction of sp³-hybridized carbons (Fsp3) is 0.438. The number of hydrogen-bond donors (Lipinski definition) is 2. The largest absolute Gasteiger partial charge is 0.480 e. The van der Waals surface area contributed by atoms with Crippen LogP contribution in [0.3, 0.4) is 0 Å². The van der Waals surface area contributed by atoms with Crippen molar-refractivity contribution < 1.29 is 19.5 Å². The van der Waals surface area contributed by atoms with Crippen molar-refractivity contribution in [3.05, 3.63) is 34.9 Å². The molecule has 0 saturated heterocycles. The van der Waals surface area contributed by atoms with E-state index in [2.05, 4.69) is 5.32 Å². The SMILES string of the molecule is CC(C)N(CC(=O)O)C(=O)CCCNC(=O)c1ccc(Cl)cc1. The molecule has 1 rings (SSSR count). The van der Waals surface area contributed by atoms with Gasteiger partial charge in [-0.2, -0.15) is 0 Å². The van der Waals surface area contributed by atoms with Gasteiger partial charge in [0.25, 0.3) is 5.91 Å². The number of halogens is 1. The van der Waals surface area contributed by atoms with E-state index in [1.165, 1.54) is 4.90 Å². The Hall–Kier alpha value is -2.08. The third-order valence-corrected chi connectivity index (χ3v) is 3.46. The highest BCUT2D eigenvalue weighted by molar-refractivity contribution is 6.30. The summed E-state index contributed by atoms with van der Waals surface area (Å²) in [6.45, 7) is 3.56. The van der Waals surface area contributed by atoms with Crippen molar-refractivity contribution in [3.8, 4) is 0 Å². The van der Waals surface area contributed by atoms with Crippen molar-refractivity contribution in [2.45, 2.75) is 32.7 Å². The summed E-state index contributed by atoms with van der Waals surface area (Å²) in [6.07, 6.45) is 0.632. The molecule has 23 heavy (non-hydrogen) atoms. The number of amides is 2. The first-order chi connectivity index (χ1) is 10.8. The van der Waals surface area contributed by atoms with Gasteiger partial charge in [0, 0.05) is 29.6 Å². The van der Waals surface area contributed by atoms with Crippen LogP contribution in [0, 0.1) is 0 Å². The second-order valence-corrected chi connectivity index (χ2v) is 5.81. The molecule has 0 radical (unpaired) electrons. The molecular weight excluding hydrogens is 320 g/mol. The lowest BCUT2D eigenvalue weighted by molar-refractivity contribution is -0.145. The van der Waals surface area contributed by atoms with Gasteiger partial charge < -0.3 is 15.3 Å². The number of carboxylic acid groups (broad SMARTS) is 1. The minimum Gasteiger partial charge on any atom is -0.480 e. The Bertz CT molecular complexity index is 558. The van der Waals surface area contributed by atoms with Gasteiger partial charge in [-0.1, -0.05) is 11.6 Å². The number of carbonyl (C=O) groups excluding carboxylic acids is 2. The summed E-state index contributed by atoms with van der Waals surface area (Å²) in [7, 11) is 0. The number of nitrogens with zero attached hydrogens (tertiary/aromatic N) is 1. The van der Waals surface area contributed by atoms with Crippen molar-refractivity contribution in [2.75, 3.05) is 13.1 Å². The van der Waals surface area contributed by atoms with E-state index in [0.717, 1.165) is 0 Å². The summed E-state index contributed by atoms with van der Waals surface area (Å²) in [4.78, 5) is 35.9. The van der Waals surface area contributed by atoms with Crippen molar-refractivity contribution in [2.24, 2.45) is 0 Å². The summed E-state index contributed by atoms with van der Waals surface area (Å²) < 4.78 is 0. The Kier molecular flexibility index (Phi) is 7.54. The number of benzene rings is 1. The molecule has 0 aliphatic carbocycles. The number of carboxylic acids is 1. The zero-order chi connectivity index (χ0) is 17.4. The lowest BCUT2D eigenvalue weighted by Gasteiger charge is -2.24. The molecule has 1 aromatic carbocycles.